The van der Waals surface area contributed by atoms with Crippen molar-refractivity contribution in [3.05, 3.63) is 52.3 Å². The molecule has 0 unspecified atom stereocenters. The summed E-state index contributed by atoms with van der Waals surface area (Å²) in [6.45, 7) is 8.61. The summed E-state index contributed by atoms with van der Waals surface area (Å²) in [6.07, 6.45) is -2.10. The van der Waals surface area contributed by atoms with Gasteiger partial charge in [-0.25, -0.2) is 0 Å². The van der Waals surface area contributed by atoms with Gasteiger partial charge >= 0.3 is 6.18 Å². The maximum atomic E-state index is 13.2. The summed E-state index contributed by atoms with van der Waals surface area (Å²) >= 11 is 0. The third-order valence-corrected chi connectivity index (χ3v) is 6.48. The Kier molecular flexibility index (Phi) is 4.97. The van der Waals surface area contributed by atoms with E-state index in [1.54, 1.807) is 0 Å². The molecule has 3 fully saturated rings. The van der Waals surface area contributed by atoms with Gasteiger partial charge < -0.3 is 14.8 Å². The number of amides is 1. The zero-order valence-corrected chi connectivity index (χ0v) is 16.9. The number of aryl methyl sites for hydroxylation is 2. The topological polar surface area (TPSA) is 37.3 Å². The SMILES string of the molecule is Cc1ccc(NC(=O)c2cc(C)n([C@H]3CN4CCC3CC4)c2C)cc1C(F)(F)F. The molecule has 2 aromatic rings. The first kappa shape index (κ1) is 20.0. The third kappa shape index (κ3) is 3.68. The molecule has 1 amide bonds. The van der Waals surface area contributed by atoms with E-state index in [0.717, 1.165) is 37.1 Å². The quantitative estimate of drug-likeness (QED) is 0.785. The lowest BCUT2D eigenvalue weighted by molar-refractivity contribution is -0.138. The second-order valence-corrected chi connectivity index (χ2v) is 8.34. The summed E-state index contributed by atoms with van der Waals surface area (Å²) < 4.78 is 41.8. The fraction of sp³-hybridized carbons (Fsp3) is 0.500. The molecule has 3 aliphatic heterocycles. The Bertz CT molecular complexity index is 940. The molecule has 3 saturated heterocycles. The molecule has 4 heterocycles. The van der Waals surface area contributed by atoms with Crippen molar-refractivity contribution in [2.75, 3.05) is 25.0 Å². The van der Waals surface area contributed by atoms with Crippen molar-refractivity contribution < 1.29 is 18.0 Å². The van der Waals surface area contributed by atoms with Crippen LogP contribution in [0.5, 0.6) is 0 Å². The maximum absolute atomic E-state index is 13.2. The fourth-order valence-electron chi connectivity index (χ4n) is 4.95. The number of piperidine rings is 3. The van der Waals surface area contributed by atoms with Crippen LogP contribution in [0.1, 0.15) is 51.8 Å². The molecule has 0 radical (unpaired) electrons. The average molecular weight is 405 g/mol. The number of nitrogens with zero attached hydrogens (tertiary/aromatic N) is 2. The molecule has 1 aromatic carbocycles. The Morgan fingerprint density at radius 3 is 2.38 bits per heavy atom. The largest absolute Gasteiger partial charge is 0.416 e. The van der Waals surface area contributed by atoms with E-state index in [-0.39, 0.29) is 17.2 Å². The van der Waals surface area contributed by atoms with E-state index in [0.29, 0.717) is 17.5 Å². The first-order valence-electron chi connectivity index (χ1n) is 10.0. The smallest absolute Gasteiger partial charge is 0.344 e. The number of rotatable bonds is 3. The summed E-state index contributed by atoms with van der Waals surface area (Å²) in [6, 6.07) is 6.10. The molecule has 0 saturated carbocycles. The molecule has 0 aliphatic carbocycles. The van der Waals surface area contributed by atoms with Gasteiger partial charge in [-0.05, 0) is 76.4 Å². The Morgan fingerprint density at radius 2 is 1.79 bits per heavy atom. The van der Waals surface area contributed by atoms with E-state index in [1.165, 1.54) is 31.9 Å². The van der Waals surface area contributed by atoms with E-state index in [1.807, 2.05) is 19.9 Å². The number of anilines is 1. The van der Waals surface area contributed by atoms with Crippen LogP contribution in [0.25, 0.3) is 0 Å². The number of nitrogens with one attached hydrogen (secondary N) is 1. The molecule has 0 spiro atoms. The van der Waals surface area contributed by atoms with E-state index < -0.39 is 11.7 Å². The highest BCUT2D eigenvalue weighted by Crippen LogP contribution is 2.38. The molecule has 2 bridgehead atoms. The van der Waals surface area contributed by atoms with Crippen LogP contribution in [0.4, 0.5) is 18.9 Å². The summed E-state index contributed by atoms with van der Waals surface area (Å²) in [5.74, 6) is 0.245. The molecular formula is C22H26F3N3O. The number of fused-ring (bicyclic) bond motifs is 3. The summed E-state index contributed by atoms with van der Waals surface area (Å²) in [5.41, 5.74) is 1.98. The van der Waals surface area contributed by atoms with Gasteiger partial charge in [0, 0.05) is 29.7 Å². The second kappa shape index (κ2) is 7.20. The number of alkyl halides is 3. The molecule has 1 N–H and O–H groups in total. The van der Waals surface area contributed by atoms with Crippen molar-refractivity contribution in [3.63, 3.8) is 0 Å². The fourth-order valence-corrected chi connectivity index (χ4v) is 4.95. The lowest BCUT2D eigenvalue weighted by Gasteiger charge is -2.46. The normalized spacial score (nSPS) is 24.0. The zero-order chi connectivity index (χ0) is 20.9. The molecule has 3 aliphatic rings. The van der Waals surface area contributed by atoms with Crippen molar-refractivity contribution in [1.82, 2.24) is 9.47 Å². The first-order valence-corrected chi connectivity index (χ1v) is 10.0. The van der Waals surface area contributed by atoms with E-state index in [4.69, 9.17) is 0 Å². The van der Waals surface area contributed by atoms with Gasteiger partial charge in [0.25, 0.3) is 5.91 Å². The van der Waals surface area contributed by atoms with E-state index in [9.17, 15) is 18.0 Å². The number of carbonyl (C=O) groups excluding carboxylic acids is 1. The van der Waals surface area contributed by atoms with Crippen LogP contribution in [0.3, 0.4) is 0 Å². The number of benzene rings is 1. The number of hydrogen-bond donors (Lipinski definition) is 1. The zero-order valence-electron chi connectivity index (χ0n) is 16.9. The predicted octanol–water partition coefficient (Wildman–Crippen LogP) is 4.95. The van der Waals surface area contributed by atoms with Crippen LogP contribution in [-0.2, 0) is 6.18 Å². The Hall–Kier alpha value is -2.28. The van der Waals surface area contributed by atoms with Crippen LogP contribution in [0.15, 0.2) is 24.3 Å². The monoisotopic (exact) mass is 405 g/mol. The Balaban J connectivity index is 1.59. The number of hydrogen-bond acceptors (Lipinski definition) is 2. The molecule has 29 heavy (non-hydrogen) atoms. The van der Waals surface area contributed by atoms with Crippen molar-refractivity contribution in [2.24, 2.45) is 5.92 Å². The van der Waals surface area contributed by atoms with Gasteiger partial charge in [-0.1, -0.05) is 6.07 Å². The lowest BCUT2D eigenvalue weighted by atomic mass is 9.83. The van der Waals surface area contributed by atoms with Crippen LogP contribution in [0.2, 0.25) is 0 Å². The van der Waals surface area contributed by atoms with Crippen LogP contribution in [-0.4, -0.2) is 35.0 Å². The first-order chi connectivity index (χ1) is 13.6. The maximum Gasteiger partial charge on any atom is 0.416 e. The van der Waals surface area contributed by atoms with Gasteiger partial charge in [0.05, 0.1) is 11.1 Å². The van der Waals surface area contributed by atoms with Crippen molar-refractivity contribution >= 4 is 11.6 Å². The van der Waals surface area contributed by atoms with Gasteiger partial charge in [0.1, 0.15) is 0 Å². The minimum atomic E-state index is -4.45. The van der Waals surface area contributed by atoms with Crippen LogP contribution in [0, 0.1) is 26.7 Å². The predicted molar refractivity (Wildman–Crippen MR) is 106 cm³/mol. The average Bonchev–Trinajstić information content (AvgIpc) is 2.97. The Morgan fingerprint density at radius 1 is 1.10 bits per heavy atom. The highest BCUT2D eigenvalue weighted by molar-refractivity contribution is 6.05. The minimum absolute atomic E-state index is 0.135. The number of aromatic nitrogens is 1. The molecule has 5 rings (SSSR count). The van der Waals surface area contributed by atoms with Crippen molar-refractivity contribution in [3.8, 4) is 0 Å². The summed E-state index contributed by atoms with van der Waals surface area (Å²) in [5, 5.41) is 2.65. The molecule has 7 heteroatoms. The lowest BCUT2D eigenvalue weighted by Crippen LogP contribution is -2.48. The number of halogens is 3. The standard InChI is InChI=1S/C22H26F3N3O/c1-13-4-5-17(11-19(13)22(23,24)25)26-21(29)18-10-14(2)28(15(18)3)20-12-27-8-6-16(20)7-9-27/h4-5,10-11,16,20H,6-9,12H2,1-3H3,(H,26,29)/t20-/m0/s1. The van der Waals surface area contributed by atoms with Gasteiger partial charge in [-0.3, -0.25) is 4.79 Å². The third-order valence-electron chi connectivity index (χ3n) is 6.48. The van der Waals surface area contributed by atoms with Crippen LogP contribution >= 0.6 is 0 Å². The van der Waals surface area contributed by atoms with E-state index in [2.05, 4.69) is 14.8 Å². The van der Waals surface area contributed by atoms with E-state index >= 15 is 0 Å². The minimum Gasteiger partial charge on any atom is -0.344 e. The highest BCUT2D eigenvalue weighted by Gasteiger charge is 2.37. The molecule has 1 aromatic heterocycles. The van der Waals surface area contributed by atoms with Gasteiger partial charge in [-0.2, -0.15) is 13.2 Å². The molecule has 1 atom stereocenters. The van der Waals surface area contributed by atoms with Crippen molar-refractivity contribution in [2.45, 2.75) is 45.8 Å². The molecular weight excluding hydrogens is 379 g/mol. The van der Waals surface area contributed by atoms with Gasteiger partial charge in [0.2, 0.25) is 0 Å². The molecule has 4 nitrogen and oxygen atoms in total. The summed E-state index contributed by atoms with van der Waals surface area (Å²) in [7, 11) is 0. The van der Waals surface area contributed by atoms with Crippen LogP contribution < -0.4 is 5.32 Å². The Labute approximate surface area is 168 Å². The number of carbonyl (C=O) groups is 1. The van der Waals surface area contributed by atoms with Crippen molar-refractivity contribution in [1.29, 1.82) is 0 Å². The highest BCUT2D eigenvalue weighted by atomic mass is 19.4. The molecule has 156 valence electrons. The van der Waals surface area contributed by atoms with Gasteiger partial charge in [-0.15, -0.1) is 0 Å². The summed E-state index contributed by atoms with van der Waals surface area (Å²) in [4.78, 5) is 15.3. The van der Waals surface area contributed by atoms with Gasteiger partial charge in [0.15, 0.2) is 0 Å². The second-order valence-electron chi connectivity index (χ2n) is 8.34.